The molecule has 0 saturated heterocycles. The summed E-state index contributed by atoms with van der Waals surface area (Å²) in [6.07, 6.45) is 7.45. The number of halogens is 1. The first kappa shape index (κ1) is 10.2. The van der Waals surface area contributed by atoms with Crippen LogP contribution >= 0.6 is 0 Å². The van der Waals surface area contributed by atoms with Gasteiger partial charge in [0, 0.05) is 5.41 Å². The molecular formula is C14H15F. The molecule has 1 heteroatoms. The van der Waals surface area contributed by atoms with Crippen LogP contribution < -0.4 is 0 Å². The van der Waals surface area contributed by atoms with E-state index in [0.29, 0.717) is 0 Å². The smallest absolute Gasteiger partial charge is 0.123 e. The lowest BCUT2D eigenvalue weighted by Crippen LogP contribution is -2.07. The molecule has 0 unspecified atom stereocenters. The van der Waals surface area contributed by atoms with Crippen LogP contribution in [0.1, 0.15) is 25.8 Å². The number of rotatable bonds is 1. The van der Waals surface area contributed by atoms with Gasteiger partial charge in [-0.2, -0.15) is 0 Å². The second-order valence-corrected chi connectivity index (χ2v) is 4.61. The Bertz CT molecular complexity index is 425. The third-order valence-corrected chi connectivity index (χ3v) is 2.63. The topological polar surface area (TPSA) is 0 Å². The summed E-state index contributed by atoms with van der Waals surface area (Å²) >= 11 is 0. The van der Waals surface area contributed by atoms with Crippen LogP contribution in [0.5, 0.6) is 0 Å². The van der Waals surface area contributed by atoms with Crippen LogP contribution in [0.3, 0.4) is 0 Å². The van der Waals surface area contributed by atoms with Crippen molar-refractivity contribution in [1.82, 2.24) is 0 Å². The third kappa shape index (κ3) is 2.35. The van der Waals surface area contributed by atoms with E-state index < -0.39 is 0 Å². The quantitative estimate of drug-likeness (QED) is 0.599. The molecule has 0 spiro atoms. The molecule has 0 aliphatic heterocycles. The molecule has 0 atom stereocenters. The Balaban J connectivity index is 2.36. The Morgan fingerprint density at radius 3 is 2.73 bits per heavy atom. The predicted molar refractivity (Wildman–Crippen MR) is 61.9 cm³/mol. The van der Waals surface area contributed by atoms with Crippen molar-refractivity contribution >= 4 is 5.57 Å². The second kappa shape index (κ2) is 3.65. The zero-order valence-electron chi connectivity index (χ0n) is 9.13. The van der Waals surface area contributed by atoms with Crippen molar-refractivity contribution in [3.8, 4) is 0 Å². The van der Waals surface area contributed by atoms with Crippen molar-refractivity contribution in [3.63, 3.8) is 0 Å². The Morgan fingerprint density at radius 2 is 2.07 bits per heavy atom. The number of hydrogen-bond acceptors (Lipinski definition) is 0. The van der Waals surface area contributed by atoms with Gasteiger partial charge < -0.3 is 0 Å². The molecule has 78 valence electrons. The van der Waals surface area contributed by atoms with Gasteiger partial charge in [0.2, 0.25) is 0 Å². The Kier molecular flexibility index (Phi) is 2.47. The predicted octanol–water partition coefficient (Wildman–Crippen LogP) is 4.20. The van der Waals surface area contributed by atoms with Crippen LogP contribution in [-0.2, 0) is 0 Å². The summed E-state index contributed by atoms with van der Waals surface area (Å²) in [5.41, 5.74) is 2.29. The number of benzene rings is 1. The summed E-state index contributed by atoms with van der Waals surface area (Å²) in [7, 11) is 0. The van der Waals surface area contributed by atoms with Crippen LogP contribution in [0.2, 0.25) is 0 Å². The largest absolute Gasteiger partial charge is 0.207 e. The van der Waals surface area contributed by atoms with Gasteiger partial charge in [-0.3, -0.25) is 0 Å². The molecule has 0 bridgehead atoms. The minimum atomic E-state index is -0.166. The van der Waals surface area contributed by atoms with E-state index >= 15 is 0 Å². The molecule has 1 aliphatic rings. The zero-order chi connectivity index (χ0) is 10.9. The minimum absolute atomic E-state index is 0.0832. The van der Waals surface area contributed by atoms with Crippen molar-refractivity contribution in [2.45, 2.75) is 20.3 Å². The lowest BCUT2D eigenvalue weighted by molar-refractivity contribution is 0.616. The van der Waals surface area contributed by atoms with Crippen molar-refractivity contribution in [2.75, 3.05) is 0 Å². The molecule has 0 aromatic heterocycles. The first-order valence-electron chi connectivity index (χ1n) is 5.22. The van der Waals surface area contributed by atoms with Crippen molar-refractivity contribution in [2.24, 2.45) is 5.41 Å². The van der Waals surface area contributed by atoms with E-state index in [9.17, 15) is 4.39 Å². The maximum atomic E-state index is 13.1. The van der Waals surface area contributed by atoms with Gasteiger partial charge >= 0.3 is 0 Å². The van der Waals surface area contributed by atoms with Crippen LogP contribution in [0, 0.1) is 11.2 Å². The van der Waals surface area contributed by atoms with E-state index in [0.717, 1.165) is 12.0 Å². The normalized spacial score (nSPS) is 18.7. The van der Waals surface area contributed by atoms with Crippen molar-refractivity contribution in [3.05, 3.63) is 53.9 Å². The van der Waals surface area contributed by atoms with Gasteiger partial charge in [-0.25, -0.2) is 4.39 Å². The highest BCUT2D eigenvalue weighted by Crippen LogP contribution is 2.32. The molecule has 1 aromatic carbocycles. The second-order valence-electron chi connectivity index (χ2n) is 4.61. The van der Waals surface area contributed by atoms with E-state index in [1.807, 2.05) is 6.07 Å². The Morgan fingerprint density at radius 1 is 1.27 bits per heavy atom. The van der Waals surface area contributed by atoms with E-state index in [1.54, 1.807) is 12.1 Å². The molecule has 0 fully saturated rings. The molecule has 1 aliphatic carbocycles. The SMILES string of the molecule is CC1(C)C=CCC(c2cccc(F)c2)=C1. The first-order valence-corrected chi connectivity index (χ1v) is 5.22. The maximum Gasteiger partial charge on any atom is 0.123 e. The third-order valence-electron chi connectivity index (χ3n) is 2.63. The summed E-state index contributed by atoms with van der Waals surface area (Å²) in [5.74, 6) is -0.166. The summed E-state index contributed by atoms with van der Waals surface area (Å²) in [6, 6.07) is 6.80. The zero-order valence-corrected chi connectivity index (χ0v) is 9.13. The van der Waals surface area contributed by atoms with Crippen LogP contribution in [0.25, 0.3) is 5.57 Å². The molecule has 0 saturated carbocycles. The summed E-state index contributed by atoms with van der Waals surface area (Å²) < 4.78 is 13.1. The van der Waals surface area contributed by atoms with Crippen molar-refractivity contribution < 1.29 is 4.39 Å². The van der Waals surface area contributed by atoms with Crippen LogP contribution in [0.4, 0.5) is 4.39 Å². The van der Waals surface area contributed by atoms with Crippen LogP contribution in [0.15, 0.2) is 42.5 Å². The molecule has 0 amide bonds. The molecule has 2 rings (SSSR count). The van der Waals surface area contributed by atoms with Gasteiger partial charge in [-0.1, -0.05) is 44.2 Å². The van der Waals surface area contributed by atoms with Gasteiger partial charge in [-0.15, -0.1) is 0 Å². The number of hydrogen-bond donors (Lipinski definition) is 0. The summed E-state index contributed by atoms with van der Waals surface area (Å²) in [4.78, 5) is 0. The average Bonchev–Trinajstić information content (AvgIpc) is 2.16. The monoisotopic (exact) mass is 202 g/mol. The molecular weight excluding hydrogens is 187 g/mol. The highest BCUT2D eigenvalue weighted by Gasteiger charge is 2.16. The summed E-state index contributed by atoms with van der Waals surface area (Å²) in [5, 5.41) is 0. The first-order chi connectivity index (χ1) is 7.07. The molecule has 15 heavy (non-hydrogen) atoms. The molecule has 0 nitrogen and oxygen atoms in total. The number of allylic oxidation sites excluding steroid dienone is 4. The molecule has 1 aromatic rings. The highest BCUT2D eigenvalue weighted by molar-refractivity contribution is 5.69. The fourth-order valence-corrected chi connectivity index (χ4v) is 1.94. The molecule has 0 N–H and O–H groups in total. The van der Waals surface area contributed by atoms with E-state index in [2.05, 4.69) is 32.1 Å². The molecule has 0 radical (unpaired) electrons. The van der Waals surface area contributed by atoms with Crippen LogP contribution in [-0.4, -0.2) is 0 Å². The van der Waals surface area contributed by atoms with E-state index in [1.165, 1.54) is 11.6 Å². The lowest BCUT2D eigenvalue weighted by atomic mass is 9.83. The molecule has 0 heterocycles. The fourth-order valence-electron chi connectivity index (χ4n) is 1.94. The Hall–Kier alpha value is -1.37. The fraction of sp³-hybridized carbons (Fsp3) is 0.286. The van der Waals surface area contributed by atoms with Gasteiger partial charge in [0.25, 0.3) is 0 Å². The van der Waals surface area contributed by atoms with Crippen molar-refractivity contribution in [1.29, 1.82) is 0 Å². The van der Waals surface area contributed by atoms with Gasteiger partial charge in [-0.05, 0) is 29.7 Å². The maximum absolute atomic E-state index is 13.1. The standard InChI is InChI=1S/C14H15F/c1-14(2)8-4-6-12(10-14)11-5-3-7-13(15)9-11/h3-5,7-10H,6H2,1-2H3. The van der Waals surface area contributed by atoms with Gasteiger partial charge in [0.1, 0.15) is 5.82 Å². The Labute approximate surface area is 90.1 Å². The van der Waals surface area contributed by atoms with E-state index in [-0.39, 0.29) is 11.2 Å². The minimum Gasteiger partial charge on any atom is -0.207 e. The average molecular weight is 202 g/mol. The van der Waals surface area contributed by atoms with E-state index in [4.69, 9.17) is 0 Å². The van der Waals surface area contributed by atoms with Gasteiger partial charge in [0.05, 0.1) is 0 Å². The highest BCUT2D eigenvalue weighted by atomic mass is 19.1. The lowest BCUT2D eigenvalue weighted by Gasteiger charge is -2.22. The summed E-state index contributed by atoms with van der Waals surface area (Å²) in [6.45, 7) is 4.31. The van der Waals surface area contributed by atoms with Gasteiger partial charge in [0.15, 0.2) is 0 Å².